The molecule has 3 aromatic rings. The second kappa shape index (κ2) is 9.98. The van der Waals surface area contributed by atoms with E-state index in [1.54, 1.807) is 37.3 Å². The van der Waals surface area contributed by atoms with Crippen LogP contribution in [0.4, 0.5) is 14.6 Å². The molecule has 1 fully saturated rings. The second-order valence-corrected chi connectivity index (χ2v) is 7.96. The van der Waals surface area contributed by atoms with Crippen LogP contribution in [0.25, 0.3) is 5.69 Å². The molecule has 2 aromatic heterocycles. The van der Waals surface area contributed by atoms with Crippen molar-refractivity contribution in [3.05, 3.63) is 65.1 Å². The van der Waals surface area contributed by atoms with Crippen molar-refractivity contribution in [1.29, 1.82) is 0 Å². The lowest BCUT2D eigenvalue weighted by atomic mass is 10.1. The van der Waals surface area contributed by atoms with E-state index in [9.17, 15) is 18.4 Å². The number of halogens is 2. The first kappa shape index (κ1) is 23.3. The van der Waals surface area contributed by atoms with Crippen LogP contribution in [0.15, 0.2) is 42.5 Å². The first-order valence-corrected chi connectivity index (χ1v) is 10.9. The zero-order valence-electron chi connectivity index (χ0n) is 18.8. The molecule has 0 radical (unpaired) electrons. The van der Waals surface area contributed by atoms with Gasteiger partial charge in [0.15, 0.2) is 18.1 Å². The summed E-state index contributed by atoms with van der Waals surface area (Å²) in [6.45, 7) is 2.06. The molecular formula is C24H24F2N4O4. The molecule has 34 heavy (non-hydrogen) atoms. The molecule has 1 aliphatic heterocycles. The van der Waals surface area contributed by atoms with Crippen molar-refractivity contribution in [2.75, 3.05) is 24.6 Å². The first-order valence-electron chi connectivity index (χ1n) is 10.9. The number of nitrogens with zero attached hydrogens (tertiary/aromatic N) is 4. The highest BCUT2D eigenvalue weighted by molar-refractivity contribution is 6.00. The molecule has 178 valence electrons. The Balaban J connectivity index is 1.41. The minimum Gasteiger partial charge on any atom is -0.453 e. The number of alkyl halides is 2. The van der Waals surface area contributed by atoms with Gasteiger partial charge in [0.25, 0.3) is 0 Å². The van der Waals surface area contributed by atoms with Crippen molar-refractivity contribution >= 4 is 17.6 Å². The van der Waals surface area contributed by atoms with Gasteiger partial charge in [-0.15, -0.1) is 10.2 Å². The normalized spacial score (nSPS) is 13.4. The number of ether oxygens (including phenoxy) is 2. The number of carbonyl (C=O) groups is 2. The summed E-state index contributed by atoms with van der Waals surface area (Å²) >= 11 is 0. The van der Waals surface area contributed by atoms with E-state index >= 15 is 0 Å². The van der Waals surface area contributed by atoms with E-state index in [0.717, 1.165) is 31.6 Å². The minimum absolute atomic E-state index is 0.0346. The summed E-state index contributed by atoms with van der Waals surface area (Å²) in [7, 11) is 0. The van der Waals surface area contributed by atoms with Crippen LogP contribution in [0.2, 0.25) is 0 Å². The van der Waals surface area contributed by atoms with Crippen molar-refractivity contribution in [2.45, 2.75) is 33.3 Å². The zero-order valence-corrected chi connectivity index (χ0v) is 18.8. The van der Waals surface area contributed by atoms with Gasteiger partial charge in [-0.2, -0.15) is 8.78 Å². The number of ketones is 1. The predicted octanol–water partition coefficient (Wildman–Crippen LogP) is 4.13. The average Bonchev–Trinajstić information content (AvgIpc) is 3.46. The van der Waals surface area contributed by atoms with Crippen molar-refractivity contribution in [3.8, 4) is 11.4 Å². The summed E-state index contributed by atoms with van der Waals surface area (Å²) < 4.78 is 36.1. The lowest BCUT2D eigenvalue weighted by Crippen LogP contribution is -2.20. The third kappa shape index (κ3) is 5.05. The number of aryl methyl sites for hydroxylation is 1. The number of benzene rings is 1. The third-order valence-corrected chi connectivity index (χ3v) is 5.68. The smallest absolute Gasteiger partial charge is 0.387 e. The second-order valence-electron chi connectivity index (χ2n) is 7.96. The molecule has 0 N–H and O–H groups in total. The Bertz CT molecular complexity index is 1170. The zero-order chi connectivity index (χ0) is 24.2. The maximum atomic E-state index is 12.8. The van der Waals surface area contributed by atoms with E-state index in [1.165, 1.54) is 12.1 Å². The van der Waals surface area contributed by atoms with Gasteiger partial charge >= 0.3 is 12.6 Å². The summed E-state index contributed by atoms with van der Waals surface area (Å²) in [6, 6.07) is 11.1. The number of esters is 1. The molecular weight excluding hydrogens is 446 g/mol. The van der Waals surface area contributed by atoms with Crippen molar-refractivity contribution in [1.82, 2.24) is 14.8 Å². The lowest BCUT2D eigenvalue weighted by Gasteiger charge is -2.15. The number of Topliss-reactive ketones (excluding diaryl/α,β-unsaturated/α-hetero) is 1. The highest BCUT2D eigenvalue weighted by Gasteiger charge is 2.20. The van der Waals surface area contributed by atoms with Gasteiger partial charge in [0, 0.05) is 35.7 Å². The lowest BCUT2D eigenvalue weighted by molar-refractivity contribution is -0.0498. The molecule has 0 spiro atoms. The fraction of sp³-hybridized carbons (Fsp3) is 0.333. The van der Waals surface area contributed by atoms with E-state index in [4.69, 9.17) is 4.74 Å². The van der Waals surface area contributed by atoms with E-state index < -0.39 is 19.2 Å². The molecule has 1 saturated heterocycles. The molecule has 10 heteroatoms. The average molecular weight is 470 g/mol. The highest BCUT2D eigenvalue weighted by Crippen LogP contribution is 2.24. The van der Waals surface area contributed by atoms with Crippen LogP contribution in [-0.4, -0.2) is 52.8 Å². The molecule has 0 saturated carbocycles. The number of aromatic nitrogens is 3. The molecule has 1 aliphatic rings. The topological polar surface area (TPSA) is 86.6 Å². The Kier molecular flexibility index (Phi) is 6.85. The van der Waals surface area contributed by atoms with Gasteiger partial charge < -0.3 is 18.9 Å². The summed E-state index contributed by atoms with van der Waals surface area (Å²) in [6.07, 6.45) is 2.21. The number of anilines is 1. The minimum atomic E-state index is -2.90. The maximum absolute atomic E-state index is 12.8. The van der Waals surface area contributed by atoms with Crippen molar-refractivity contribution < 1.29 is 27.8 Å². The first-order chi connectivity index (χ1) is 16.3. The van der Waals surface area contributed by atoms with Crippen LogP contribution >= 0.6 is 0 Å². The molecule has 4 rings (SSSR count). The summed E-state index contributed by atoms with van der Waals surface area (Å²) in [4.78, 5) is 27.2. The van der Waals surface area contributed by atoms with E-state index in [0.29, 0.717) is 22.8 Å². The SMILES string of the molecule is Cc1cc(C(=O)COC(=O)c2ccc(N3CCCC3)nn2)c(C)n1-c1ccc(OC(F)F)cc1. The maximum Gasteiger partial charge on any atom is 0.387 e. The van der Waals surface area contributed by atoms with Crippen LogP contribution in [-0.2, 0) is 4.74 Å². The molecule has 0 atom stereocenters. The molecule has 3 heterocycles. The van der Waals surface area contributed by atoms with Crippen molar-refractivity contribution in [2.24, 2.45) is 0 Å². The summed E-state index contributed by atoms with van der Waals surface area (Å²) in [5.41, 5.74) is 2.51. The fourth-order valence-corrected chi connectivity index (χ4v) is 4.05. The molecule has 0 unspecified atom stereocenters. The van der Waals surface area contributed by atoms with Crippen LogP contribution in [0.5, 0.6) is 5.75 Å². The number of rotatable bonds is 8. The van der Waals surface area contributed by atoms with Crippen LogP contribution in [0.1, 0.15) is 45.1 Å². The van der Waals surface area contributed by atoms with E-state index in [-0.39, 0.29) is 17.2 Å². The van der Waals surface area contributed by atoms with Gasteiger partial charge in [0.1, 0.15) is 5.75 Å². The summed E-state index contributed by atoms with van der Waals surface area (Å²) in [5, 5.41) is 8.02. The molecule has 1 aromatic carbocycles. The monoisotopic (exact) mass is 470 g/mol. The largest absolute Gasteiger partial charge is 0.453 e. The highest BCUT2D eigenvalue weighted by atomic mass is 19.3. The quantitative estimate of drug-likeness (QED) is 0.361. The van der Waals surface area contributed by atoms with E-state index in [2.05, 4.69) is 19.8 Å². The standard InChI is InChI=1S/C24H24F2N4O4/c1-15-13-19(16(2)30(15)17-5-7-18(8-6-17)34-24(25)26)21(31)14-33-23(32)20-9-10-22(28-27-20)29-11-3-4-12-29/h5-10,13,24H,3-4,11-12,14H2,1-2H3. The molecule has 0 bridgehead atoms. The Hall–Kier alpha value is -3.82. The molecule has 0 aliphatic carbocycles. The van der Waals surface area contributed by atoms with Crippen LogP contribution in [0.3, 0.4) is 0 Å². The number of hydrogen-bond donors (Lipinski definition) is 0. The Morgan fingerprint density at radius 1 is 1.03 bits per heavy atom. The van der Waals surface area contributed by atoms with Crippen LogP contribution < -0.4 is 9.64 Å². The predicted molar refractivity (Wildman–Crippen MR) is 120 cm³/mol. The van der Waals surface area contributed by atoms with Gasteiger partial charge in [-0.1, -0.05) is 0 Å². The Morgan fingerprint density at radius 2 is 1.74 bits per heavy atom. The summed E-state index contributed by atoms with van der Waals surface area (Å²) in [5.74, 6) is -0.336. The third-order valence-electron chi connectivity index (χ3n) is 5.68. The van der Waals surface area contributed by atoms with E-state index in [1.807, 2.05) is 11.5 Å². The number of carbonyl (C=O) groups excluding carboxylic acids is 2. The Labute approximate surface area is 195 Å². The van der Waals surface area contributed by atoms with Gasteiger partial charge in [0.2, 0.25) is 5.78 Å². The van der Waals surface area contributed by atoms with Crippen LogP contribution in [0, 0.1) is 13.8 Å². The molecule has 8 nitrogen and oxygen atoms in total. The van der Waals surface area contributed by atoms with Gasteiger partial charge in [-0.3, -0.25) is 4.79 Å². The van der Waals surface area contributed by atoms with Gasteiger partial charge in [-0.25, -0.2) is 4.79 Å². The Morgan fingerprint density at radius 3 is 2.35 bits per heavy atom. The molecule has 0 amide bonds. The van der Waals surface area contributed by atoms with Gasteiger partial charge in [-0.05, 0) is 69.2 Å². The number of hydrogen-bond acceptors (Lipinski definition) is 7. The fourth-order valence-electron chi connectivity index (χ4n) is 4.05. The van der Waals surface area contributed by atoms with Crippen molar-refractivity contribution in [3.63, 3.8) is 0 Å². The van der Waals surface area contributed by atoms with Gasteiger partial charge in [0.05, 0.1) is 0 Å².